The highest BCUT2D eigenvalue weighted by molar-refractivity contribution is 5.33. The van der Waals surface area contributed by atoms with Crippen LogP contribution in [0.25, 0.3) is 0 Å². The Morgan fingerprint density at radius 3 is 2.45 bits per heavy atom. The summed E-state index contributed by atoms with van der Waals surface area (Å²) in [5.74, 6) is 0.787. The Balaban J connectivity index is 3.01. The molecule has 1 aromatic carbocycles. The van der Waals surface area contributed by atoms with Crippen LogP contribution in [0, 0.1) is 11.3 Å². The third-order valence-electron chi connectivity index (χ3n) is 2.76. The number of benzene rings is 1. The monoisotopic (exact) mass is 270 g/mol. The molecule has 20 heavy (non-hydrogen) atoms. The van der Waals surface area contributed by atoms with Gasteiger partial charge < -0.3 is 4.74 Å². The summed E-state index contributed by atoms with van der Waals surface area (Å²) in [5.41, 5.74) is 0.925. The van der Waals surface area contributed by atoms with Crippen LogP contribution in [0.3, 0.4) is 0 Å². The van der Waals surface area contributed by atoms with E-state index in [0.717, 1.165) is 11.3 Å². The van der Waals surface area contributed by atoms with Gasteiger partial charge in [0.05, 0.1) is 12.2 Å². The fourth-order valence-electron chi connectivity index (χ4n) is 2.01. The first-order valence-corrected chi connectivity index (χ1v) is 6.74. The molecule has 0 amide bonds. The van der Waals surface area contributed by atoms with E-state index in [2.05, 4.69) is 19.2 Å². The molecule has 0 aliphatic carbocycles. The summed E-state index contributed by atoms with van der Waals surface area (Å²) in [6.45, 7) is 12.7. The number of nitriles is 1. The first-order chi connectivity index (χ1) is 9.62. The van der Waals surface area contributed by atoms with Crippen LogP contribution in [0.5, 0.6) is 5.75 Å². The van der Waals surface area contributed by atoms with E-state index in [0.29, 0.717) is 13.1 Å². The van der Waals surface area contributed by atoms with Gasteiger partial charge in [0.25, 0.3) is 0 Å². The summed E-state index contributed by atoms with van der Waals surface area (Å²) in [6, 6.07) is 9.70. The van der Waals surface area contributed by atoms with Crippen molar-refractivity contribution in [2.45, 2.75) is 26.0 Å². The Bertz CT molecular complexity index is 478. The summed E-state index contributed by atoms with van der Waals surface area (Å²) < 4.78 is 5.68. The Morgan fingerprint density at radius 1 is 1.30 bits per heavy atom. The number of nitrogens with zero attached hydrogens (tertiary/aromatic N) is 2. The van der Waals surface area contributed by atoms with Crippen molar-refractivity contribution in [1.29, 1.82) is 5.26 Å². The van der Waals surface area contributed by atoms with E-state index >= 15 is 0 Å². The minimum atomic E-state index is -0.332. The molecular weight excluding hydrogens is 248 g/mol. The highest BCUT2D eigenvalue weighted by atomic mass is 16.5. The molecule has 0 heterocycles. The average molecular weight is 270 g/mol. The molecule has 3 nitrogen and oxygen atoms in total. The van der Waals surface area contributed by atoms with Gasteiger partial charge >= 0.3 is 0 Å². The first kappa shape index (κ1) is 16.0. The molecule has 1 rings (SSSR count). The van der Waals surface area contributed by atoms with Crippen LogP contribution in [0.15, 0.2) is 49.6 Å². The van der Waals surface area contributed by atoms with Gasteiger partial charge in [-0.15, -0.1) is 13.2 Å². The summed E-state index contributed by atoms with van der Waals surface area (Å²) in [4.78, 5) is 2.01. The van der Waals surface area contributed by atoms with Crippen molar-refractivity contribution in [2.24, 2.45) is 0 Å². The van der Waals surface area contributed by atoms with Crippen LogP contribution in [-0.4, -0.2) is 24.1 Å². The predicted molar refractivity (Wildman–Crippen MR) is 82.5 cm³/mol. The van der Waals surface area contributed by atoms with E-state index in [9.17, 15) is 5.26 Å². The van der Waals surface area contributed by atoms with Gasteiger partial charge in [-0.05, 0) is 31.5 Å². The molecule has 3 heteroatoms. The number of rotatable bonds is 8. The molecule has 1 unspecified atom stereocenters. The molecule has 0 bridgehead atoms. The van der Waals surface area contributed by atoms with Crippen molar-refractivity contribution in [3.05, 3.63) is 55.1 Å². The van der Waals surface area contributed by atoms with Crippen molar-refractivity contribution in [1.82, 2.24) is 4.90 Å². The van der Waals surface area contributed by atoms with E-state index < -0.39 is 0 Å². The second-order valence-electron chi connectivity index (χ2n) is 4.80. The van der Waals surface area contributed by atoms with Crippen LogP contribution in [0.4, 0.5) is 0 Å². The molecule has 0 aliphatic rings. The summed E-state index contributed by atoms with van der Waals surface area (Å²) in [6.07, 6.45) is 3.70. The summed E-state index contributed by atoms with van der Waals surface area (Å²) >= 11 is 0. The molecule has 0 aliphatic heterocycles. The molecule has 0 N–H and O–H groups in total. The van der Waals surface area contributed by atoms with Gasteiger partial charge in [-0.25, -0.2) is 0 Å². The van der Waals surface area contributed by atoms with Gasteiger partial charge in [0.15, 0.2) is 0 Å². The topological polar surface area (TPSA) is 36.3 Å². The zero-order valence-electron chi connectivity index (χ0n) is 12.2. The Hall–Kier alpha value is -2.05. The lowest BCUT2D eigenvalue weighted by atomic mass is 10.1. The maximum absolute atomic E-state index is 9.47. The molecule has 0 radical (unpaired) electrons. The zero-order valence-corrected chi connectivity index (χ0v) is 12.2. The van der Waals surface area contributed by atoms with Crippen molar-refractivity contribution >= 4 is 0 Å². The molecule has 0 saturated carbocycles. The summed E-state index contributed by atoms with van der Waals surface area (Å²) in [7, 11) is 0. The molecule has 0 fully saturated rings. The summed E-state index contributed by atoms with van der Waals surface area (Å²) in [5, 5.41) is 9.47. The van der Waals surface area contributed by atoms with Crippen molar-refractivity contribution in [2.75, 3.05) is 13.1 Å². The fourth-order valence-corrected chi connectivity index (χ4v) is 2.01. The van der Waals surface area contributed by atoms with E-state index in [1.807, 2.05) is 43.0 Å². The van der Waals surface area contributed by atoms with E-state index in [-0.39, 0.29) is 12.1 Å². The van der Waals surface area contributed by atoms with E-state index in [1.165, 1.54) is 0 Å². The largest absolute Gasteiger partial charge is 0.491 e. The van der Waals surface area contributed by atoms with Crippen molar-refractivity contribution in [3.63, 3.8) is 0 Å². The molecule has 106 valence electrons. The highest BCUT2D eigenvalue weighted by Gasteiger charge is 2.18. The number of hydrogen-bond acceptors (Lipinski definition) is 3. The Labute approximate surface area is 121 Å². The number of hydrogen-bond donors (Lipinski definition) is 0. The van der Waals surface area contributed by atoms with Crippen LogP contribution in [0.1, 0.15) is 25.5 Å². The molecule has 1 aromatic rings. The molecular formula is C17H22N2O. The van der Waals surface area contributed by atoms with Crippen molar-refractivity contribution in [3.8, 4) is 11.8 Å². The smallest absolute Gasteiger partial charge is 0.124 e. The van der Waals surface area contributed by atoms with Gasteiger partial charge in [-0.2, -0.15) is 5.26 Å². The molecule has 0 saturated heterocycles. The van der Waals surface area contributed by atoms with Gasteiger partial charge in [0.1, 0.15) is 11.8 Å². The van der Waals surface area contributed by atoms with Gasteiger partial charge in [-0.1, -0.05) is 24.3 Å². The number of ether oxygens (including phenoxy) is 1. The van der Waals surface area contributed by atoms with Crippen LogP contribution in [-0.2, 0) is 0 Å². The minimum absolute atomic E-state index is 0.114. The predicted octanol–water partition coefficient (Wildman–Crippen LogP) is 3.71. The van der Waals surface area contributed by atoms with E-state index in [1.54, 1.807) is 12.2 Å². The third kappa shape index (κ3) is 4.56. The Kier molecular flexibility index (Phi) is 6.55. The second-order valence-corrected chi connectivity index (χ2v) is 4.80. The lowest BCUT2D eigenvalue weighted by Gasteiger charge is -2.25. The van der Waals surface area contributed by atoms with Gasteiger partial charge in [0, 0.05) is 13.1 Å². The van der Waals surface area contributed by atoms with Crippen LogP contribution < -0.4 is 4.74 Å². The van der Waals surface area contributed by atoms with Gasteiger partial charge in [0.2, 0.25) is 0 Å². The second kappa shape index (κ2) is 8.19. The standard InChI is InChI=1S/C17H22N2O/c1-5-10-19(11-6-2)17(13-18)15-8-7-9-16(12-15)20-14(3)4/h5-9,12,14,17H,1-2,10-11H2,3-4H3. The van der Waals surface area contributed by atoms with Crippen LogP contribution in [0.2, 0.25) is 0 Å². The molecule has 1 atom stereocenters. The lowest BCUT2D eigenvalue weighted by molar-refractivity contribution is 0.241. The van der Waals surface area contributed by atoms with Crippen LogP contribution >= 0.6 is 0 Å². The lowest BCUT2D eigenvalue weighted by Crippen LogP contribution is -2.28. The normalized spacial score (nSPS) is 11.9. The minimum Gasteiger partial charge on any atom is -0.491 e. The fraction of sp³-hybridized carbons (Fsp3) is 0.353. The quantitative estimate of drug-likeness (QED) is 0.676. The highest BCUT2D eigenvalue weighted by Crippen LogP contribution is 2.24. The third-order valence-corrected chi connectivity index (χ3v) is 2.76. The first-order valence-electron chi connectivity index (χ1n) is 6.74. The maximum Gasteiger partial charge on any atom is 0.124 e. The average Bonchev–Trinajstić information content (AvgIpc) is 2.40. The zero-order chi connectivity index (χ0) is 15.0. The van der Waals surface area contributed by atoms with Crippen molar-refractivity contribution < 1.29 is 4.74 Å². The van der Waals surface area contributed by atoms with E-state index in [4.69, 9.17) is 4.74 Å². The molecule has 0 spiro atoms. The SMILES string of the molecule is C=CCN(CC=C)C(C#N)c1cccc(OC(C)C)c1. The molecule has 0 aromatic heterocycles. The maximum atomic E-state index is 9.47. The van der Waals surface area contributed by atoms with Gasteiger partial charge in [-0.3, -0.25) is 4.90 Å². The Morgan fingerprint density at radius 2 is 1.95 bits per heavy atom.